The van der Waals surface area contributed by atoms with E-state index in [-0.39, 0.29) is 13.2 Å². The van der Waals surface area contributed by atoms with Gasteiger partial charge < -0.3 is 21.3 Å². The third-order valence-electron chi connectivity index (χ3n) is 0.674. The molecule has 1 atom stereocenters. The molecule has 0 saturated heterocycles. The van der Waals surface area contributed by atoms with E-state index in [0.717, 1.165) is 0 Å². The minimum atomic E-state index is -0.876. The van der Waals surface area contributed by atoms with Gasteiger partial charge in [0.1, 0.15) is 6.61 Å². The molecule has 0 spiro atoms. The van der Waals surface area contributed by atoms with E-state index >= 15 is 0 Å². The summed E-state index contributed by atoms with van der Waals surface area (Å²) < 4.78 is 4.25. The van der Waals surface area contributed by atoms with Crippen LogP contribution in [-0.4, -0.2) is 30.5 Å². The molecule has 0 aromatic carbocycles. The van der Waals surface area contributed by atoms with Gasteiger partial charge in [0.25, 0.3) is 0 Å². The lowest BCUT2D eigenvalue weighted by molar-refractivity contribution is 0.134. The number of hydrogen-bond donors (Lipinski definition) is 3. The lowest BCUT2D eigenvalue weighted by Gasteiger charge is -2.05. The average Bonchev–Trinajstić information content (AvgIpc) is 1.83. The van der Waals surface area contributed by atoms with E-state index in [9.17, 15) is 4.79 Å². The number of aliphatic hydroxyl groups excluding tert-OH is 1. The highest BCUT2D eigenvalue weighted by atomic mass is 16.5. The predicted octanol–water partition coefficient (Wildman–Crippen LogP) is -1.60. The number of ether oxygens (including phenoxy) is 1. The first kappa shape index (κ1) is 8.19. The van der Waals surface area contributed by atoms with Crippen molar-refractivity contribution in [1.29, 1.82) is 0 Å². The number of aliphatic hydroxyl groups is 1. The van der Waals surface area contributed by atoms with Gasteiger partial charge in [0, 0.05) is 0 Å². The van der Waals surface area contributed by atoms with Gasteiger partial charge in [-0.25, -0.2) is 4.79 Å². The van der Waals surface area contributed by atoms with Crippen molar-refractivity contribution in [3.63, 3.8) is 0 Å². The van der Waals surface area contributed by atoms with Crippen LogP contribution < -0.4 is 11.5 Å². The summed E-state index contributed by atoms with van der Waals surface area (Å²) in [4.78, 5) is 9.88. The third-order valence-corrected chi connectivity index (χ3v) is 0.674. The fraction of sp³-hybridized carbons (Fsp3) is 0.750. The van der Waals surface area contributed by atoms with Crippen LogP contribution >= 0.6 is 0 Å². The Balaban J connectivity index is 3.16. The molecule has 0 aliphatic carbocycles. The van der Waals surface area contributed by atoms with Gasteiger partial charge in [-0.2, -0.15) is 0 Å². The Morgan fingerprint density at radius 3 is 2.67 bits per heavy atom. The van der Waals surface area contributed by atoms with E-state index < -0.39 is 12.1 Å². The zero-order valence-electron chi connectivity index (χ0n) is 4.91. The molecule has 0 bridgehead atoms. The molecular formula is C4H10N2O3. The van der Waals surface area contributed by atoms with E-state index in [2.05, 4.69) is 10.5 Å². The molecule has 1 unspecified atom stereocenters. The van der Waals surface area contributed by atoms with E-state index in [1.165, 1.54) is 0 Å². The first-order chi connectivity index (χ1) is 4.16. The zero-order chi connectivity index (χ0) is 7.28. The second kappa shape index (κ2) is 4.11. The maximum absolute atomic E-state index is 9.88. The van der Waals surface area contributed by atoms with Gasteiger partial charge in [-0.1, -0.05) is 0 Å². The quantitative estimate of drug-likeness (QED) is 0.433. The Morgan fingerprint density at radius 1 is 1.78 bits per heavy atom. The minimum absolute atomic E-state index is 0.0359. The van der Waals surface area contributed by atoms with E-state index in [0.29, 0.717) is 0 Å². The molecule has 5 nitrogen and oxygen atoms in total. The van der Waals surface area contributed by atoms with Gasteiger partial charge in [0.05, 0.1) is 12.6 Å². The molecule has 0 aromatic rings. The molecule has 0 rings (SSSR count). The molecule has 0 fully saturated rings. The first-order valence-corrected chi connectivity index (χ1v) is 2.45. The summed E-state index contributed by atoms with van der Waals surface area (Å²) in [5.74, 6) is 0. The minimum Gasteiger partial charge on any atom is -0.448 e. The molecule has 0 aliphatic rings. The van der Waals surface area contributed by atoms with Crippen LogP contribution in [0, 0.1) is 0 Å². The Morgan fingerprint density at radius 2 is 2.33 bits per heavy atom. The van der Waals surface area contributed by atoms with Crippen LogP contribution in [0.3, 0.4) is 0 Å². The van der Waals surface area contributed by atoms with Gasteiger partial charge in [0.2, 0.25) is 0 Å². The van der Waals surface area contributed by atoms with Crippen LogP contribution in [0.5, 0.6) is 0 Å². The van der Waals surface area contributed by atoms with E-state index in [1.54, 1.807) is 0 Å². The molecule has 1 amide bonds. The van der Waals surface area contributed by atoms with Crippen LogP contribution in [0.15, 0.2) is 0 Å². The Labute approximate surface area is 52.6 Å². The van der Waals surface area contributed by atoms with Gasteiger partial charge in [-0.3, -0.25) is 0 Å². The number of carbonyl (C=O) groups excluding carboxylic acids is 1. The molecule has 9 heavy (non-hydrogen) atoms. The number of nitrogens with two attached hydrogens (primary N) is 2. The van der Waals surface area contributed by atoms with Crippen molar-refractivity contribution in [2.45, 2.75) is 6.04 Å². The number of rotatable bonds is 3. The second-order valence-electron chi connectivity index (χ2n) is 1.57. The topological polar surface area (TPSA) is 98.6 Å². The summed E-state index contributed by atoms with van der Waals surface area (Å²) in [6.45, 7) is -0.251. The Kier molecular flexibility index (Phi) is 3.74. The summed E-state index contributed by atoms with van der Waals surface area (Å²) in [5, 5.41) is 8.29. The normalized spacial score (nSPS) is 12.7. The summed E-state index contributed by atoms with van der Waals surface area (Å²) in [6.07, 6.45) is -0.876. The summed E-state index contributed by atoms with van der Waals surface area (Å²) in [7, 11) is 0. The highest BCUT2D eigenvalue weighted by molar-refractivity contribution is 5.64. The van der Waals surface area contributed by atoms with Crippen LogP contribution in [0.25, 0.3) is 0 Å². The highest BCUT2D eigenvalue weighted by Gasteiger charge is 2.01. The highest BCUT2D eigenvalue weighted by Crippen LogP contribution is 1.78. The van der Waals surface area contributed by atoms with Gasteiger partial charge in [-0.05, 0) is 0 Å². The predicted molar refractivity (Wildman–Crippen MR) is 30.6 cm³/mol. The number of amides is 1. The maximum Gasteiger partial charge on any atom is 0.404 e. The molecule has 0 aliphatic heterocycles. The molecular weight excluding hydrogens is 124 g/mol. The SMILES string of the molecule is NC(=O)OCC(N)CO. The van der Waals surface area contributed by atoms with Crippen molar-refractivity contribution in [1.82, 2.24) is 0 Å². The number of hydrogen-bond acceptors (Lipinski definition) is 4. The smallest absolute Gasteiger partial charge is 0.404 e. The molecule has 5 N–H and O–H groups in total. The lowest BCUT2D eigenvalue weighted by Crippen LogP contribution is -2.32. The van der Waals surface area contributed by atoms with Crippen molar-refractivity contribution in [2.75, 3.05) is 13.2 Å². The lowest BCUT2D eigenvalue weighted by atomic mass is 10.4. The maximum atomic E-state index is 9.88. The summed E-state index contributed by atoms with van der Waals surface area (Å²) in [6, 6.07) is -0.530. The van der Waals surface area contributed by atoms with Crippen LogP contribution in [0.1, 0.15) is 0 Å². The van der Waals surface area contributed by atoms with Crippen molar-refractivity contribution < 1.29 is 14.6 Å². The monoisotopic (exact) mass is 134 g/mol. The van der Waals surface area contributed by atoms with E-state index in [1.807, 2.05) is 0 Å². The number of primary amides is 1. The average molecular weight is 134 g/mol. The standard InChI is InChI=1S/C4H10N2O3/c5-3(1-7)2-9-4(6)8/h3,7H,1-2,5H2,(H2,6,8). The van der Waals surface area contributed by atoms with Gasteiger partial charge in [-0.15, -0.1) is 0 Å². The van der Waals surface area contributed by atoms with Gasteiger partial charge >= 0.3 is 6.09 Å². The third kappa shape index (κ3) is 5.05. The molecule has 0 aromatic heterocycles. The fourth-order valence-corrected chi connectivity index (χ4v) is 0.242. The molecule has 5 heteroatoms. The van der Waals surface area contributed by atoms with Crippen LogP contribution in [0.4, 0.5) is 4.79 Å². The molecule has 0 radical (unpaired) electrons. The van der Waals surface area contributed by atoms with Crippen LogP contribution in [0.2, 0.25) is 0 Å². The molecule has 0 saturated carbocycles. The Bertz CT molecular complexity index is 95.8. The van der Waals surface area contributed by atoms with Gasteiger partial charge in [0.15, 0.2) is 0 Å². The first-order valence-electron chi connectivity index (χ1n) is 2.45. The molecule has 0 heterocycles. The van der Waals surface area contributed by atoms with Crippen molar-refractivity contribution in [3.05, 3.63) is 0 Å². The van der Waals surface area contributed by atoms with Crippen molar-refractivity contribution >= 4 is 6.09 Å². The van der Waals surface area contributed by atoms with Crippen LogP contribution in [-0.2, 0) is 4.74 Å². The largest absolute Gasteiger partial charge is 0.448 e. The second-order valence-corrected chi connectivity index (χ2v) is 1.57. The fourth-order valence-electron chi connectivity index (χ4n) is 0.242. The van der Waals surface area contributed by atoms with E-state index in [4.69, 9.17) is 10.8 Å². The zero-order valence-corrected chi connectivity index (χ0v) is 4.91. The number of carbonyl (C=O) groups is 1. The van der Waals surface area contributed by atoms with Crippen molar-refractivity contribution in [3.8, 4) is 0 Å². The Hall–Kier alpha value is -0.810. The summed E-state index contributed by atoms with van der Waals surface area (Å²) in [5.41, 5.74) is 9.74. The molecule has 54 valence electrons. The summed E-state index contributed by atoms with van der Waals surface area (Å²) >= 11 is 0. The van der Waals surface area contributed by atoms with Crippen molar-refractivity contribution in [2.24, 2.45) is 11.5 Å².